The Balaban J connectivity index is 1.08. The third kappa shape index (κ3) is 4.48. The summed E-state index contributed by atoms with van der Waals surface area (Å²) in [6.45, 7) is 0. The minimum absolute atomic E-state index is 0.529. The fraction of sp³-hybridized carbons (Fsp3) is 0.0196. The van der Waals surface area contributed by atoms with Crippen LogP contribution in [0.3, 0.4) is 0 Å². The monoisotopic (exact) mass is 701 g/mol. The van der Waals surface area contributed by atoms with Crippen LogP contribution in [0.4, 0.5) is 0 Å². The number of aromatic nitrogens is 2. The molecule has 1 aromatic heterocycles. The van der Waals surface area contributed by atoms with Gasteiger partial charge in [-0.05, 0) is 87.0 Å². The second-order valence-corrected chi connectivity index (χ2v) is 14.2. The van der Waals surface area contributed by atoms with Gasteiger partial charge in [0.2, 0.25) is 0 Å². The second-order valence-electron chi connectivity index (χ2n) is 14.2. The number of hydrogen-bond acceptors (Lipinski definition) is 3. The predicted octanol–water partition coefficient (Wildman–Crippen LogP) is 12.4. The van der Waals surface area contributed by atoms with Crippen molar-refractivity contribution in [1.29, 1.82) is 5.26 Å². The van der Waals surface area contributed by atoms with E-state index in [1.165, 1.54) is 22.3 Å². The van der Waals surface area contributed by atoms with Crippen LogP contribution < -0.4 is 4.74 Å². The van der Waals surface area contributed by atoms with Gasteiger partial charge in [-0.2, -0.15) is 5.26 Å². The van der Waals surface area contributed by atoms with Gasteiger partial charge in [-0.3, -0.25) is 4.57 Å². The zero-order chi connectivity index (χ0) is 36.5. The number of imidazole rings is 1. The smallest absolute Gasteiger partial charge is 0.149 e. The number of rotatable bonds is 4. The van der Waals surface area contributed by atoms with Gasteiger partial charge in [0.25, 0.3) is 0 Å². The molecule has 8 aromatic carbocycles. The third-order valence-electron chi connectivity index (χ3n) is 11.4. The van der Waals surface area contributed by atoms with Crippen molar-refractivity contribution in [3.63, 3.8) is 0 Å². The molecule has 9 aromatic rings. The van der Waals surface area contributed by atoms with Gasteiger partial charge in [-0.15, -0.1) is 0 Å². The van der Waals surface area contributed by atoms with Gasteiger partial charge in [-0.1, -0.05) is 146 Å². The van der Waals surface area contributed by atoms with E-state index in [1.54, 1.807) is 0 Å². The van der Waals surface area contributed by atoms with Crippen molar-refractivity contribution >= 4 is 11.0 Å². The Morgan fingerprint density at radius 1 is 0.491 bits per heavy atom. The number of hydrogen-bond donors (Lipinski definition) is 0. The molecule has 0 amide bonds. The van der Waals surface area contributed by atoms with E-state index < -0.39 is 5.41 Å². The Kier molecular flexibility index (Phi) is 6.80. The molecule has 0 saturated carbocycles. The maximum atomic E-state index is 10.2. The van der Waals surface area contributed by atoms with Gasteiger partial charge in [0.1, 0.15) is 23.4 Å². The summed E-state index contributed by atoms with van der Waals surface area (Å²) in [4.78, 5) is 5.21. The summed E-state index contributed by atoms with van der Waals surface area (Å²) >= 11 is 0. The summed E-state index contributed by atoms with van der Waals surface area (Å²) in [6.07, 6.45) is 0. The van der Waals surface area contributed by atoms with Gasteiger partial charge in [0, 0.05) is 22.4 Å². The molecule has 55 heavy (non-hydrogen) atoms. The van der Waals surface area contributed by atoms with Crippen LogP contribution >= 0.6 is 0 Å². The van der Waals surface area contributed by atoms with Gasteiger partial charge in [-0.25, -0.2) is 4.98 Å². The molecular weight excluding hydrogens is 671 g/mol. The summed E-state index contributed by atoms with van der Waals surface area (Å²) in [5, 5.41) is 10.2. The average molecular weight is 702 g/mol. The molecule has 0 N–H and O–H groups in total. The first kappa shape index (κ1) is 31.1. The standard InChI is InChI=1S/C51H31N3O/c52-32-36-15-12-22-44-49(36)55-48-30-27-35(31-45(48)51(44)42-20-8-6-17-39(42)40-18-7-9-21-43(40)51)33-25-28-37(29-26-33)54-47-24-11-10-23-46(47)53-50(54)41-19-5-4-16-38(41)34-13-2-1-3-14-34/h1-31H. The maximum absolute atomic E-state index is 10.2. The van der Waals surface area contributed by atoms with E-state index >= 15 is 0 Å². The van der Waals surface area contributed by atoms with E-state index in [2.05, 4.69) is 174 Å². The van der Waals surface area contributed by atoms with E-state index in [9.17, 15) is 5.26 Å². The summed E-state index contributed by atoms with van der Waals surface area (Å²) < 4.78 is 8.95. The van der Waals surface area contributed by atoms with E-state index in [-0.39, 0.29) is 0 Å². The highest BCUT2D eigenvalue weighted by Crippen LogP contribution is 2.62. The van der Waals surface area contributed by atoms with E-state index in [0.717, 1.165) is 67.2 Å². The lowest BCUT2D eigenvalue weighted by atomic mass is 9.65. The molecule has 256 valence electrons. The highest BCUT2D eigenvalue weighted by atomic mass is 16.5. The summed E-state index contributed by atoms with van der Waals surface area (Å²) in [5.74, 6) is 2.28. The van der Waals surface area contributed by atoms with E-state index in [1.807, 2.05) is 24.3 Å². The number of benzene rings is 8. The maximum Gasteiger partial charge on any atom is 0.149 e. The zero-order valence-corrected chi connectivity index (χ0v) is 29.6. The second kappa shape index (κ2) is 12.0. The lowest BCUT2D eigenvalue weighted by Crippen LogP contribution is -2.32. The molecule has 4 heteroatoms. The number of para-hydroxylation sites is 3. The summed E-state index contributed by atoms with van der Waals surface area (Å²) in [7, 11) is 0. The first-order chi connectivity index (χ1) is 27.2. The zero-order valence-electron chi connectivity index (χ0n) is 29.6. The lowest BCUT2D eigenvalue weighted by molar-refractivity contribution is 0.435. The van der Waals surface area contributed by atoms with Gasteiger partial charge in [0.05, 0.1) is 22.0 Å². The third-order valence-corrected chi connectivity index (χ3v) is 11.4. The molecule has 0 unspecified atom stereocenters. The molecule has 4 nitrogen and oxygen atoms in total. The van der Waals surface area contributed by atoms with Crippen molar-refractivity contribution in [3.05, 3.63) is 216 Å². The topological polar surface area (TPSA) is 50.8 Å². The Morgan fingerprint density at radius 2 is 1.11 bits per heavy atom. The number of nitriles is 1. The largest absolute Gasteiger partial charge is 0.455 e. The van der Waals surface area contributed by atoms with Crippen LogP contribution in [0.15, 0.2) is 188 Å². The highest BCUT2D eigenvalue weighted by Gasteiger charge is 2.51. The van der Waals surface area contributed by atoms with Gasteiger partial charge >= 0.3 is 0 Å². The van der Waals surface area contributed by atoms with Crippen molar-refractivity contribution < 1.29 is 4.74 Å². The molecule has 2 aliphatic rings. The molecule has 11 rings (SSSR count). The Bertz CT molecular complexity index is 2980. The van der Waals surface area contributed by atoms with Crippen molar-refractivity contribution in [1.82, 2.24) is 9.55 Å². The van der Waals surface area contributed by atoms with Crippen LogP contribution in [0.5, 0.6) is 11.5 Å². The Hall–Kier alpha value is -7.48. The van der Waals surface area contributed by atoms with Crippen molar-refractivity contribution in [2.45, 2.75) is 5.41 Å². The van der Waals surface area contributed by atoms with Crippen molar-refractivity contribution in [3.8, 4) is 68.0 Å². The van der Waals surface area contributed by atoms with Crippen LogP contribution in [0.2, 0.25) is 0 Å². The molecular formula is C51H31N3O. The van der Waals surface area contributed by atoms with Gasteiger partial charge < -0.3 is 4.74 Å². The van der Waals surface area contributed by atoms with Crippen LogP contribution in [-0.4, -0.2) is 9.55 Å². The molecule has 0 radical (unpaired) electrons. The normalized spacial score (nSPS) is 13.0. The fourth-order valence-corrected chi connectivity index (χ4v) is 9.01. The van der Waals surface area contributed by atoms with Crippen LogP contribution in [0.25, 0.3) is 61.5 Å². The van der Waals surface area contributed by atoms with E-state index in [0.29, 0.717) is 11.3 Å². The minimum atomic E-state index is -0.657. The number of fused-ring (bicyclic) bond motifs is 10. The number of ether oxygens (including phenoxy) is 1. The van der Waals surface area contributed by atoms with Crippen molar-refractivity contribution in [2.24, 2.45) is 0 Å². The molecule has 2 heterocycles. The highest BCUT2D eigenvalue weighted by molar-refractivity contribution is 5.91. The minimum Gasteiger partial charge on any atom is -0.455 e. The van der Waals surface area contributed by atoms with Crippen molar-refractivity contribution in [2.75, 3.05) is 0 Å². The molecule has 0 fully saturated rings. The quantitative estimate of drug-likeness (QED) is 0.184. The lowest BCUT2D eigenvalue weighted by Gasteiger charge is -2.39. The van der Waals surface area contributed by atoms with Crippen LogP contribution in [0, 0.1) is 11.3 Å². The molecule has 1 spiro atoms. The SMILES string of the molecule is N#Cc1cccc2c1Oc1ccc(-c3ccc(-n4c(-c5ccccc5-c5ccccc5)nc5ccccc54)cc3)cc1C21c2ccccc2-c2ccccc21. The van der Waals surface area contributed by atoms with Crippen LogP contribution in [0.1, 0.15) is 27.8 Å². The van der Waals surface area contributed by atoms with E-state index in [4.69, 9.17) is 9.72 Å². The van der Waals surface area contributed by atoms with Gasteiger partial charge in [0.15, 0.2) is 0 Å². The first-order valence-electron chi connectivity index (χ1n) is 18.5. The summed E-state index contributed by atoms with van der Waals surface area (Å²) in [6, 6.07) is 68.3. The average Bonchev–Trinajstić information content (AvgIpc) is 3.79. The Labute approximate surface area is 318 Å². The predicted molar refractivity (Wildman–Crippen MR) is 219 cm³/mol. The molecule has 0 atom stereocenters. The number of nitrogens with zero attached hydrogens (tertiary/aromatic N) is 3. The molecule has 1 aliphatic carbocycles. The summed E-state index contributed by atoms with van der Waals surface area (Å²) in [5.41, 5.74) is 15.3. The molecule has 0 bridgehead atoms. The Morgan fingerprint density at radius 3 is 1.85 bits per heavy atom. The van der Waals surface area contributed by atoms with Crippen LogP contribution in [-0.2, 0) is 5.41 Å². The molecule has 0 saturated heterocycles. The molecule has 1 aliphatic heterocycles. The first-order valence-corrected chi connectivity index (χ1v) is 18.5. The fourth-order valence-electron chi connectivity index (χ4n) is 9.01.